The molecule has 3 fully saturated rings. The lowest BCUT2D eigenvalue weighted by atomic mass is 9.99. The number of imide groups is 1. The second kappa shape index (κ2) is 14.2. The Morgan fingerprint density at radius 3 is 2.54 bits per heavy atom. The van der Waals surface area contributed by atoms with Gasteiger partial charge in [-0.1, -0.05) is 51.9 Å². The second-order valence-electron chi connectivity index (χ2n) is 10.2. The predicted octanol–water partition coefficient (Wildman–Crippen LogP) is 1.87. The summed E-state index contributed by atoms with van der Waals surface area (Å²) in [6.45, 7) is 4.30. The summed E-state index contributed by atoms with van der Waals surface area (Å²) in [7, 11) is 0. The number of aliphatic hydroxyl groups is 3. The van der Waals surface area contributed by atoms with Crippen LogP contribution in [0.4, 0.5) is 4.79 Å². The molecule has 3 heterocycles. The summed E-state index contributed by atoms with van der Waals surface area (Å²) in [6.07, 6.45) is 3.15. The molecule has 3 amide bonds. The van der Waals surface area contributed by atoms with Crippen LogP contribution in [0.3, 0.4) is 0 Å². The number of fused-ring (bicyclic) bond motifs is 1. The van der Waals surface area contributed by atoms with Crippen LogP contribution in [-0.4, -0.2) is 87.5 Å². The first-order valence-corrected chi connectivity index (χ1v) is 13.6. The first-order valence-electron chi connectivity index (χ1n) is 13.6. The maximum absolute atomic E-state index is 12.7. The highest BCUT2D eigenvalue weighted by molar-refractivity contribution is 6.01. The van der Waals surface area contributed by atoms with Crippen LogP contribution in [0.25, 0.3) is 0 Å². The van der Waals surface area contributed by atoms with Crippen molar-refractivity contribution in [1.82, 2.24) is 10.2 Å². The molecule has 210 valence electrons. The molecule has 0 bridgehead atoms. The number of hydrogen-bond donors (Lipinski definition) is 4. The minimum Gasteiger partial charge on any atom is -0.412 e. The zero-order valence-electron chi connectivity index (χ0n) is 21.8. The average Bonchev–Trinajstić information content (AvgIpc) is 3.45. The summed E-state index contributed by atoms with van der Waals surface area (Å²) in [5.41, 5.74) is 0. The number of carbonyl (C=O) groups excluding carboxylic acids is 3. The third-order valence-corrected chi connectivity index (χ3v) is 7.23. The van der Waals surface area contributed by atoms with Gasteiger partial charge in [0.15, 0.2) is 6.29 Å². The maximum Gasteiger partial charge on any atom is 0.415 e. The van der Waals surface area contributed by atoms with Crippen LogP contribution in [0.2, 0.25) is 0 Å². The number of hydrogen-bond acceptors (Lipinski definition) is 9. The summed E-state index contributed by atoms with van der Waals surface area (Å²) in [6, 6.07) is -0.268. The molecule has 11 heteroatoms. The Bertz CT molecular complexity index is 820. The van der Waals surface area contributed by atoms with E-state index in [1.165, 1.54) is 19.3 Å². The zero-order chi connectivity index (χ0) is 26.9. The molecule has 7 atom stereocenters. The second-order valence-corrected chi connectivity index (χ2v) is 10.2. The van der Waals surface area contributed by atoms with Crippen LogP contribution < -0.4 is 5.32 Å². The number of nitrogens with zero attached hydrogens (tertiary/aromatic N) is 1. The van der Waals surface area contributed by atoms with Crippen LogP contribution in [0.5, 0.6) is 0 Å². The lowest BCUT2D eigenvalue weighted by molar-refractivity contribution is -0.304. The van der Waals surface area contributed by atoms with E-state index in [9.17, 15) is 29.7 Å². The van der Waals surface area contributed by atoms with E-state index in [0.717, 1.165) is 38.2 Å². The monoisotopic (exact) mass is 526 g/mol. The fraction of sp³-hybridized carbons (Fsp3) is 0.808. The summed E-state index contributed by atoms with van der Waals surface area (Å²) in [4.78, 5) is 38.6. The highest BCUT2D eigenvalue weighted by Gasteiger charge is 2.44. The number of aliphatic hydroxyl groups excluding tert-OH is 3. The molecular formula is C26H42N2O9. The predicted molar refractivity (Wildman–Crippen MR) is 132 cm³/mol. The number of unbranched alkanes of at least 4 members (excludes halogenated alkanes) is 6. The fourth-order valence-electron chi connectivity index (χ4n) is 5.06. The van der Waals surface area contributed by atoms with E-state index >= 15 is 0 Å². The van der Waals surface area contributed by atoms with E-state index < -0.39 is 54.7 Å². The van der Waals surface area contributed by atoms with Gasteiger partial charge in [0.05, 0.1) is 24.7 Å². The molecule has 4 N–H and O–H groups in total. The van der Waals surface area contributed by atoms with E-state index in [1.807, 2.05) is 0 Å². The molecule has 0 aliphatic carbocycles. The Balaban J connectivity index is 1.55. The minimum absolute atomic E-state index is 0.167. The Hall–Kier alpha value is -2.05. The van der Waals surface area contributed by atoms with Crippen LogP contribution in [0, 0.1) is 0 Å². The number of nitrogens with one attached hydrogen (secondary N) is 1. The van der Waals surface area contributed by atoms with Crippen molar-refractivity contribution in [2.45, 2.75) is 127 Å². The summed E-state index contributed by atoms with van der Waals surface area (Å²) >= 11 is 0. The van der Waals surface area contributed by atoms with Crippen molar-refractivity contribution < 1.29 is 43.9 Å². The Labute approximate surface area is 218 Å². The largest absolute Gasteiger partial charge is 0.415 e. The molecule has 0 spiro atoms. The highest BCUT2D eigenvalue weighted by atomic mass is 16.7. The van der Waals surface area contributed by atoms with Crippen molar-refractivity contribution in [3.8, 4) is 0 Å². The van der Waals surface area contributed by atoms with Crippen LogP contribution >= 0.6 is 0 Å². The van der Waals surface area contributed by atoms with Gasteiger partial charge in [-0.25, -0.2) is 4.79 Å². The third kappa shape index (κ3) is 8.22. The molecule has 0 radical (unpaired) electrons. The maximum atomic E-state index is 12.7. The van der Waals surface area contributed by atoms with E-state index in [1.54, 1.807) is 11.8 Å². The molecule has 3 aliphatic rings. The van der Waals surface area contributed by atoms with Gasteiger partial charge in [0, 0.05) is 12.6 Å². The van der Waals surface area contributed by atoms with Crippen molar-refractivity contribution in [3.63, 3.8) is 0 Å². The molecule has 0 aromatic heterocycles. The summed E-state index contributed by atoms with van der Waals surface area (Å²) in [5, 5.41) is 32.7. The van der Waals surface area contributed by atoms with E-state index in [-0.39, 0.29) is 18.2 Å². The smallest absolute Gasteiger partial charge is 0.412 e. The number of ether oxygens (including phenoxy) is 3. The molecule has 3 rings (SSSR count). The Kier molecular flexibility index (Phi) is 11.3. The van der Waals surface area contributed by atoms with E-state index in [2.05, 4.69) is 12.2 Å². The Morgan fingerprint density at radius 1 is 1.11 bits per heavy atom. The van der Waals surface area contributed by atoms with Crippen molar-refractivity contribution in [3.05, 3.63) is 11.8 Å². The fourth-order valence-corrected chi connectivity index (χ4v) is 5.06. The number of cyclic esters (lactones) is 1. The molecule has 37 heavy (non-hydrogen) atoms. The quantitative estimate of drug-likeness (QED) is 0.208. The van der Waals surface area contributed by atoms with Gasteiger partial charge in [0.2, 0.25) is 5.91 Å². The summed E-state index contributed by atoms with van der Waals surface area (Å²) in [5.74, 6) is -1.03. The van der Waals surface area contributed by atoms with Crippen LogP contribution in [0.15, 0.2) is 11.8 Å². The zero-order valence-corrected chi connectivity index (χ0v) is 21.8. The van der Waals surface area contributed by atoms with E-state index in [0.29, 0.717) is 19.4 Å². The van der Waals surface area contributed by atoms with Gasteiger partial charge < -0.3 is 29.5 Å². The molecular weight excluding hydrogens is 484 g/mol. The van der Waals surface area contributed by atoms with Crippen LogP contribution in [-0.2, 0) is 23.8 Å². The third-order valence-electron chi connectivity index (χ3n) is 7.23. The SMILES string of the molecule is CCCCCCCCCC(CC(=O)NC(=O)/C=C1/OC(=O)N2CCCC12)O[C@@H]1O[C@@H](C)[C@H](O)[C@@H](O)[C@H]1O. The number of amides is 3. The highest BCUT2D eigenvalue weighted by Crippen LogP contribution is 2.31. The lowest BCUT2D eigenvalue weighted by Gasteiger charge is -2.40. The molecule has 0 aromatic carbocycles. The van der Waals surface area contributed by atoms with Gasteiger partial charge in [0.1, 0.15) is 24.1 Å². The first kappa shape index (κ1) is 29.5. The van der Waals surface area contributed by atoms with Gasteiger partial charge in [-0.3, -0.25) is 19.8 Å². The van der Waals surface area contributed by atoms with Crippen molar-refractivity contribution in [2.75, 3.05) is 6.54 Å². The van der Waals surface area contributed by atoms with Gasteiger partial charge >= 0.3 is 6.09 Å². The van der Waals surface area contributed by atoms with Gasteiger partial charge in [0.25, 0.3) is 5.91 Å². The molecule has 0 aromatic rings. The molecule has 2 unspecified atom stereocenters. The lowest BCUT2D eigenvalue weighted by Crippen LogP contribution is -2.58. The van der Waals surface area contributed by atoms with Crippen molar-refractivity contribution in [2.24, 2.45) is 0 Å². The van der Waals surface area contributed by atoms with E-state index in [4.69, 9.17) is 14.2 Å². The van der Waals surface area contributed by atoms with Crippen molar-refractivity contribution in [1.29, 1.82) is 0 Å². The molecule has 3 aliphatic heterocycles. The van der Waals surface area contributed by atoms with Gasteiger partial charge in [-0.15, -0.1) is 0 Å². The topological polar surface area (TPSA) is 155 Å². The van der Waals surface area contributed by atoms with Gasteiger partial charge in [-0.05, 0) is 26.2 Å². The standard InChI is InChI=1S/C26H42N2O9/c1-3-4-5-6-7-8-9-11-17(36-25-24(33)23(32)22(31)16(2)35-25)14-20(29)27-21(30)15-19-18-12-10-13-28(18)26(34)37-19/h15-18,22-25,31-33H,3-14H2,1-2H3,(H,27,29,30)/b19-15+/t16-,17?,18?,22-,23+,24+,25-/m0/s1. The molecule has 3 saturated heterocycles. The van der Waals surface area contributed by atoms with Crippen molar-refractivity contribution >= 4 is 17.9 Å². The normalized spacial score (nSPS) is 31.3. The number of rotatable bonds is 13. The van der Waals surface area contributed by atoms with Gasteiger partial charge in [-0.2, -0.15) is 0 Å². The molecule has 11 nitrogen and oxygen atoms in total. The average molecular weight is 527 g/mol. The first-order chi connectivity index (χ1) is 17.7. The summed E-state index contributed by atoms with van der Waals surface area (Å²) < 4.78 is 16.6. The number of carbonyl (C=O) groups is 3. The Morgan fingerprint density at radius 2 is 1.81 bits per heavy atom. The van der Waals surface area contributed by atoms with Crippen LogP contribution in [0.1, 0.15) is 84.5 Å². The molecule has 0 saturated carbocycles. The minimum atomic E-state index is -1.48.